The zero-order valence-electron chi connectivity index (χ0n) is 15.3. The number of nitrogens with zero attached hydrogens (tertiary/aromatic N) is 5. The lowest BCUT2D eigenvalue weighted by Gasteiger charge is -2.33. The van der Waals surface area contributed by atoms with E-state index in [4.69, 9.17) is 4.98 Å². The first-order valence-electron chi connectivity index (χ1n) is 9.00. The van der Waals surface area contributed by atoms with E-state index in [1.54, 1.807) is 7.05 Å². The Morgan fingerprint density at radius 1 is 1.15 bits per heavy atom. The maximum atomic E-state index is 12.9. The molecule has 3 aromatic rings. The molecular formula is C19H23N5O2. The Kier molecular flexibility index (Phi) is 3.94. The third-order valence-corrected chi connectivity index (χ3v) is 5.05. The van der Waals surface area contributed by atoms with Crippen molar-refractivity contribution in [2.24, 2.45) is 13.0 Å². The average Bonchev–Trinajstić information content (AvgIpc) is 3.01. The highest BCUT2D eigenvalue weighted by Gasteiger charge is 2.28. The van der Waals surface area contributed by atoms with Crippen LogP contribution < -0.4 is 16.1 Å². The molecule has 0 fully saturated rings. The first-order valence-corrected chi connectivity index (χ1v) is 9.00. The first-order chi connectivity index (χ1) is 12.5. The van der Waals surface area contributed by atoms with Crippen molar-refractivity contribution in [3.05, 3.63) is 56.7 Å². The fourth-order valence-electron chi connectivity index (χ4n) is 3.82. The summed E-state index contributed by atoms with van der Waals surface area (Å²) in [5.74, 6) is 1.15. The van der Waals surface area contributed by atoms with Gasteiger partial charge in [0.1, 0.15) is 0 Å². The van der Waals surface area contributed by atoms with Gasteiger partial charge in [-0.05, 0) is 18.4 Å². The van der Waals surface area contributed by atoms with E-state index in [-0.39, 0.29) is 11.2 Å². The molecule has 4 rings (SSSR count). The van der Waals surface area contributed by atoms with Gasteiger partial charge in [-0.2, -0.15) is 4.98 Å². The second kappa shape index (κ2) is 6.16. The summed E-state index contributed by atoms with van der Waals surface area (Å²) in [5, 5.41) is 0. The second-order valence-corrected chi connectivity index (χ2v) is 7.06. The van der Waals surface area contributed by atoms with Gasteiger partial charge in [-0.1, -0.05) is 37.3 Å². The van der Waals surface area contributed by atoms with Gasteiger partial charge in [-0.15, -0.1) is 0 Å². The lowest BCUT2D eigenvalue weighted by molar-refractivity contribution is 0.435. The van der Waals surface area contributed by atoms with Crippen molar-refractivity contribution in [2.45, 2.75) is 33.5 Å². The maximum absolute atomic E-state index is 12.9. The predicted molar refractivity (Wildman–Crippen MR) is 102 cm³/mol. The third-order valence-electron chi connectivity index (χ3n) is 5.05. The molecule has 0 saturated carbocycles. The second-order valence-electron chi connectivity index (χ2n) is 7.06. The van der Waals surface area contributed by atoms with Crippen molar-refractivity contribution in [3.8, 4) is 0 Å². The van der Waals surface area contributed by atoms with Gasteiger partial charge in [-0.25, -0.2) is 4.79 Å². The third kappa shape index (κ3) is 2.46. The van der Waals surface area contributed by atoms with Crippen molar-refractivity contribution in [1.82, 2.24) is 18.7 Å². The van der Waals surface area contributed by atoms with Crippen molar-refractivity contribution in [3.63, 3.8) is 0 Å². The fraction of sp³-hybridized carbons (Fsp3) is 0.421. The molecule has 26 heavy (non-hydrogen) atoms. The monoisotopic (exact) mass is 353 g/mol. The first kappa shape index (κ1) is 16.6. The molecule has 136 valence electrons. The van der Waals surface area contributed by atoms with Gasteiger partial charge in [-0.3, -0.25) is 13.9 Å². The highest BCUT2D eigenvalue weighted by molar-refractivity contribution is 5.75. The summed E-state index contributed by atoms with van der Waals surface area (Å²) >= 11 is 0. The molecule has 2 aromatic heterocycles. The quantitative estimate of drug-likeness (QED) is 0.717. The van der Waals surface area contributed by atoms with Crippen LogP contribution in [0.4, 0.5) is 5.95 Å². The molecule has 0 spiro atoms. The number of imidazole rings is 1. The van der Waals surface area contributed by atoms with Crippen LogP contribution in [0.2, 0.25) is 0 Å². The lowest BCUT2D eigenvalue weighted by atomic mass is 10.1. The summed E-state index contributed by atoms with van der Waals surface area (Å²) < 4.78 is 4.75. The van der Waals surface area contributed by atoms with E-state index in [1.165, 1.54) is 14.7 Å². The number of hydrogen-bond donors (Lipinski definition) is 0. The van der Waals surface area contributed by atoms with Gasteiger partial charge in [0.2, 0.25) is 5.95 Å². The Labute approximate surface area is 151 Å². The predicted octanol–water partition coefficient (Wildman–Crippen LogP) is 1.57. The van der Waals surface area contributed by atoms with Gasteiger partial charge < -0.3 is 9.47 Å². The Bertz CT molecular complexity index is 1080. The van der Waals surface area contributed by atoms with Crippen LogP contribution in [0.3, 0.4) is 0 Å². The topological polar surface area (TPSA) is 65.1 Å². The highest BCUT2D eigenvalue weighted by Crippen LogP contribution is 2.28. The van der Waals surface area contributed by atoms with Crippen molar-refractivity contribution in [2.75, 3.05) is 11.4 Å². The molecule has 0 unspecified atom stereocenters. The molecule has 7 heteroatoms. The highest BCUT2D eigenvalue weighted by atomic mass is 16.2. The zero-order valence-corrected chi connectivity index (χ0v) is 15.3. The minimum atomic E-state index is -0.317. The number of aryl methyl sites for hydroxylation is 1. The van der Waals surface area contributed by atoms with Gasteiger partial charge in [0.25, 0.3) is 5.56 Å². The average molecular weight is 353 g/mol. The number of aromatic nitrogens is 4. The summed E-state index contributed by atoms with van der Waals surface area (Å²) in [5.41, 5.74) is 1.61. The van der Waals surface area contributed by atoms with Crippen LogP contribution >= 0.6 is 0 Å². The smallest absolute Gasteiger partial charge is 0.332 e. The summed E-state index contributed by atoms with van der Waals surface area (Å²) in [7, 11) is 1.68. The van der Waals surface area contributed by atoms with Crippen LogP contribution in [0.1, 0.15) is 19.4 Å². The molecule has 7 nitrogen and oxygen atoms in total. The summed E-state index contributed by atoms with van der Waals surface area (Å²) in [6.07, 6.45) is 0. The fourth-order valence-corrected chi connectivity index (χ4v) is 3.82. The van der Waals surface area contributed by atoms with Crippen LogP contribution in [-0.4, -0.2) is 25.2 Å². The molecule has 1 aliphatic rings. The normalized spacial score (nSPS) is 16.9. The number of anilines is 1. The molecule has 1 aliphatic heterocycles. The van der Waals surface area contributed by atoms with Gasteiger partial charge in [0.05, 0.1) is 0 Å². The molecule has 0 radical (unpaired) electrons. The molecule has 1 aromatic carbocycles. The van der Waals surface area contributed by atoms with Gasteiger partial charge >= 0.3 is 5.69 Å². The van der Waals surface area contributed by atoms with Crippen LogP contribution in [0.5, 0.6) is 0 Å². The van der Waals surface area contributed by atoms with Crippen LogP contribution in [0.25, 0.3) is 11.2 Å². The number of hydrogen-bond acceptors (Lipinski definition) is 4. The van der Waals surface area contributed by atoms with E-state index in [0.717, 1.165) is 25.6 Å². The van der Waals surface area contributed by atoms with E-state index < -0.39 is 0 Å². The Hall–Kier alpha value is -2.83. The van der Waals surface area contributed by atoms with Gasteiger partial charge in [0, 0.05) is 33.2 Å². The van der Waals surface area contributed by atoms with Crippen molar-refractivity contribution in [1.29, 1.82) is 0 Å². The van der Waals surface area contributed by atoms with E-state index >= 15 is 0 Å². The maximum Gasteiger partial charge on any atom is 0.332 e. The van der Waals surface area contributed by atoms with Crippen LogP contribution in [0.15, 0.2) is 39.9 Å². The summed E-state index contributed by atoms with van der Waals surface area (Å²) in [6.45, 7) is 6.66. The van der Waals surface area contributed by atoms with Gasteiger partial charge in [0.15, 0.2) is 11.2 Å². The molecule has 0 aliphatic carbocycles. The summed E-state index contributed by atoms with van der Waals surface area (Å²) in [6, 6.07) is 10.2. The van der Waals surface area contributed by atoms with E-state index in [9.17, 15) is 9.59 Å². The molecule has 3 heterocycles. The molecule has 0 amide bonds. The number of rotatable bonds is 3. The molecule has 0 bridgehead atoms. The molecule has 0 N–H and O–H groups in total. The molecular weight excluding hydrogens is 330 g/mol. The summed E-state index contributed by atoms with van der Waals surface area (Å²) in [4.78, 5) is 32.3. The van der Waals surface area contributed by atoms with Crippen LogP contribution in [0, 0.1) is 5.92 Å². The number of benzene rings is 1. The number of fused-ring (bicyclic) bond motifs is 3. The zero-order chi connectivity index (χ0) is 18.4. The SMILES string of the molecule is CCn1c(=O)c2c(nc3n2C[C@@H](C)CN3Cc2ccccc2)n(C)c1=O. The van der Waals surface area contributed by atoms with E-state index in [1.807, 2.05) is 29.7 Å². The Balaban J connectivity index is 1.93. The van der Waals surface area contributed by atoms with Crippen LogP contribution in [-0.2, 0) is 26.7 Å². The minimum Gasteiger partial charge on any atom is -0.338 e. The Morgan fingerprint density at radius 2 is 1.88 bits per heavy atom. The largest absolute Gasteiger partial charge is 0.338 e. The molecule has 1 atom stereocenters. The van der Waals surface area contributed by atoms with Crippen molar-refractivity contribution < 1.29 is 0 Å². The van der Waals surface area contributed by atoms with Crippen molar-refractivity contribution >= 4 is 17.1 Å². The lowest BCUT2D eigenvalue weighted by Crippen LogP contribution is -2.40. The minimum absolute atomic E-state index is 0.252. The Morgan fingerprint density at radius 3 is 2.58 bits per heavy atom. The molecule has 0 saturated heterocycles. The standard InChI is InChI=1S/C19H23N5O2/c1-4-23-17(25)15-16(21(3)19(23)26)20-18-22(10-13(2)11-24(15)18)12-14-8-6-5-7-9-14/h5-9,13H,4,10-12H2,1-3H3/t13-/m0/s1. The van der Waals surface area contributed by atoms with E-state index in [2.05, 4.69) is 24.0 Å². The van der Waals surface area contributed by atoms with E-state index in [0.29, 0.717) is 23.6 Å².